The monoisotopic (exact) mass is 278 g/mol. The average Bonchev–Trinajstić information content (AvgIpc) is 2.33. The number of rotatable bonds is 10. The molecule has 18 heavy (non-hydrogen) atoms. The molecule has 0 bridgehead atoms. The summed E-state index contributed by atoms with van der Waals surface area (Å²) in [5, 5.41) is 19.8. The summed E-state index contributed by atoms with van der Waals surface area (Å²) < 4.78 is 0. The van der Waals surface area contributed by atoms with Crippen LogP contribution in [0.4, 0.5) is 0 Å². The second-order valence-corrected chi connectivity index (χ2v) is 5.31. The number of aliphatic carboxylic acids is 1. The highest BCUT2D eigenvalue weighted by molar-refractivity contribution is 7.99. The largest absolute Gasteiger partial charge is 0.480 e. The van der Waals surface area contributed by atoms with E-state index in [-0.39, 0.29) is 6.61 Å². The van der Waals surface area contributed by atoms with E-state index in [0.29, 0.717) is 17.4 Å². The van der Waals surface area contributed by atoms with Gasteiger partial charge in [0.1, 0.15) is 6.54 Å². The van der Waals surface area contributed by atoms with Crippen LogP contribution in [0.5, 0.6) is 0 Å². The lowest BCUT2D eigenvalue weighted by atomic mass is 10.2. The van der Waals surface area contributed by atoms with E-state index in [1.807, 2.05) is 0 Å². The number of aliphatic hydroxyl groups is 1. The van der Waals surface area contributed by atoms with Crippen molar-refractivity contribution in [2.45, 2.75) is 37.5 Å². The van der Waals surface area contributed by atoms with Crippen molar-refractivity contribution in [3.63, 3.8) is 0 Å². The van der Waals surface area contributed by atoms with Crippen LogP contribution < -0.4 is 11.1 Å². The Morgan fingerprint density at radius 3 is 2.56 bits per heavy atom. The topological polar surface area (TPSA) is 113 Å². The van der Waals surface area contributed by atoms with Crippen molar-refractivity contribution >= 4 is 23.6 Å². The second kappa shape index (κ2) is 10.2. The van der Waals surface area contributed by atoms with Crippen molar-refractivity contribution in [3.8, 4) is 0 Å². The van der Waals surface area contributed by atoms with Gasteiger partial charge in [-0.3, -0.25) is 9.59 Å². The highest BCUT2D eigenvalue weighted by atomic mass is 32.2. The van der Waals surface area contributed by atoms with E-state index >= 15 is 0 Å². The molecule has 0 rings (SSSR count). The van der Waals surface area contributed by atoms with Gasteiger partial charge < -0.3 is 21.3 Å². The lowest BCUT2D eigenvalue weighted by Gasteiger charge is -2.17. The Morgan fingerprint density at radius 2 is 2.06 bits per heavy atom. The number of thioether (sulfide) groups is 1. The van der Waals surface area contributed by atoms with E-state index in [4.69, 9.17) is 15.9 Å². The van der Waals surface area contributed by atoms with Gasteiger partial charge in [-0.2, -0.15) is 11.8 Å². The number of hydrogen-bond acceptors (Lipinski definition) is 5. The summed E-state index contributed by atoms with van der Waals surface area (Å²) in [7, 11) is 0. The van der Waals surface area contributed by atoms with Gasteiger partial charge >= 0.3 is 5.97 Å². The molecule has 0 spiro atoms. The van der Waals surface area contributed by atoms with Gasteiger partial charge in [0, 0.05) is 17.6 Å². The summed E-state index contributed by atoms with van der Waals surface area (Å²) in [6, 6.07) is -0.715. The van der Waals surface area contributed by atoms with Crippen LogP contribution in [0.2, 0.25) is 0 Å². The number of carboxylic acid groups (broad SMARTS) is 1. The first-order valence-electron chi connectivity index (χ1n) is 5.98. The third-order valence-electron chi connectivity index (χ3n) is 2.32. The fourth-order valence-electron chi connectivity index (χ4n) is 1.39. The number of carboxylic acids is 1. The van der Waals surface area contributed by atoms with E-state index in [9.17, 15) is 9.59 Å². The van der Waals surface area contributed by atoms with Crippen LogP contribution in [0.25, 0.3) is 0 Å². The molecule has 0 aromatic carbocycles. The lowest BCUT2D eigenvalue weighted by Crippen LogP contribution is -2.44. The standard InChI is InChI=1S/C11H22N2O4S/c1-2-3-8(4-5-14)18-7-9(12)11(17)13-6-10(15)16/h8-9,14H,2-7,12H2,1H3,(H,13,17)(H,15,16). The third-order valence-corrected chi connectivity index (χ3v) is 3.82. The van der Waals surface area contributed by atoms with Gasteiger partial charge in [0.05, 0.1) is 6.04 Å². The maximum Gasteiger partial charge on any atom is 0.322 e. The number of nitrogens with two attached hydrogens (primary N) is 1. The Balaban J connectivity index is 3.93. The number of hydrogen-bond donors (Lipinski definition) is 4. The molecule has 0 saturated carbocycles. The van der Waals surface area contributed by atoms with Crippen LogP contribution in [0.1, 0.15) is 26.2 Å². The van der Waals surface area contributed by atoms with Crippen LogP contribution >= 0.6 is 11.8 Å². The molecule has 0 aromatic heterocycles. The van der Waals surface area contributed by atoms with Crippen molar-refractivity contribution in [1.29, 1.82) is 0 Å². The van der Waals surface area contributed by atoms with Crippen LogP contribution in [0.15, 0.2) is 0 Å². The smallest absolute Gasteiger partial charge is 0.322 e. The normalized spacial score (nSPS) is 13.9. The second-order valence-electron chi connectivity index (χ2n) is 3.97. The third kappa shape index (κ3) is 8.32. The fourth-order valence-corrected chi connectivity index (χ4v) is 2.69. The van der Waals surface area contributed by atoms with Gasteiger partial charge in [-0.25, -0.2) is 0 Å². The molecule has 1 amide bonds. The molecule has 7 heteroatoms. The van der Waals surface area contributed by atoms with Crippen molar-refractivity contribution in [3.05, 3.63) is 0 Å². The predicted octanol–water partition coefficient (Wildman–Crippen LogP) is -0.201. The number of carbonyl (C=O) groups is 2. The van der Waals surface area contributed by atoms with Crippen LogP contribution in [-0.4, -0.2) is 52.3 Å². The Bertz CT molecular complexity index is 257. The first kappa shape index (κ1) is 17.2. The van der Waals surface area contributed by atoms with Gasteiger partial charge in [0.25, 0.3) is 0 Å². The molecular formula is C11H22N2O4S. The molecule has 106 valence electrons. The minimum atomic E-state index is -1.09. The van der Waals surface area contributed by atoms with Gasteiger partial charge in [0.2, 0.25) is 5.91 Å². The van der Waals surface area contributed by atoms with Gasteiger partial charge in [0.15, 0.2) is 0 Å². The molecular weight excluding hydrogens is 256 g/mol. The highest BCUT2D eigenvalue weighted by Gasteiger charge is 2.16. The van der Waals surface area contributed by atoms with E-state index in [1.165, 1.54) is 0 Å². The van der Waals surface area contributed by atoms with Crippen LogP contribution in [-0.2, 0) is 9.59 Å². The quantitative estimate of drug-likeness (QED) is 0.440. The zero-order chi connectivity index (χ0) is 14.0. The summed E-state index contributed by atoms with van der Waals surface area (Å²) in [6.45, 7) is 1.77. The Morgan fingerprint density at radius 1 is 1.39 bits per heavy atom. The van der Waals surface area contributed by atoms with Gasteiger partial charge in [-0.15, -0.1) is 0 Å². The molecule has 2 unspecified atom stereocenters. The minimum Gasteiger partial charge on any atom is -0.480 e. The SMILES string of the molecule is CCCC(CCO)SCC(N)C(=O)NCC(=O)O. The summed E-state index contributed by atoms with van der Waals surface area (Å²) >= 11 is 1.55. The molecule has 0 radical (unpaired) electrons. The summed E-state index contributed by atoms with van der Waals surface area (Å²) in [5.74, 6) is -1.12. The molecule has 0 aliphatic carbocycles. The fraction of sp³-hybridized carbons (Fsp3) is 0.818. The van der Waals surface area contributed by atoms with E-state index in [1.54, 1.807) is 11.8 Å². The molecule has 0 saturated heterocycles. The Labute approximate surface area is 111 Å². The first-order valence-corrected chi connectivity index (χ1v) is 7.03. The number of nitrogens with one attached hydrogen (secondary N) is 1. The zero-order valence-electron chi connectivity index (χ0n) is 10.6. The summed E-state index contributed by atoms with van der Waals surface area (Å²) in [4.78, 5) is 21.7. The Hall–Kier alpha value is -0.790. The predicted molar refractivity (Wildman–Crippen MR) is 71.5 cm³/mol. The van der Waals surface area contributed by atoms with E-state index in [2.05, 4.69) is 12.2 Å². The molecule has 0 aliphatic heterocycles. The highest BCUT2D eigenvalue weighted by Crippen LogP contribution is 2.20. The van der Waals surface area contributed by atoms with Gasteiger partial charge in [-0.05, 0) is 12.8 Å². The molecule has 0 fully saturated rings. The number of aliphatic hydroxyl groups excluding tert-OH is 1. The molecule has 0 aromatic rings. The Kier molecular flexibility index (Phi) is 9.72. The van der Waals surface area contributed by atoms with E-state index in [0.717, 1.165) is 12.8 Å². The first-order chi connectivity index (χ1) is 8.51. The lowest BCUT2D eigenvalue weighted by molar-refractivity contribution is -0.138. The van der Waals surface area contributed by atoms with Crippen molar-refractivity contribution in [2.75, 3.05) is 18.9 Å². The van der Waals surface area contributed by atoms with Crippen molar-refractivity contribution in [2.24, 2.45) is 5.73 Å². The molecule has 0 aliphatic rings. The molecule has 5 N–H and O–H groups in total. The van der Waals surface area contributed by atoms with Crippen LogP contribution in [0, 0.1) is 0 Å². The number of carbonyl (C=O) groups excluding carboxylic acids is 1. The van der Waals surface area contributed by atoms with Gasteiger partial charge in [-0.1, -0.05) is 13.3 Å². The minimum absolute atomic E-state index is 0.123. The maximum atomic E-state index is 11.4. The molecule has 2 atom stereocenters. The average molecular weight is 278 g/mol. The molecule has 6 nitrogen and oxygen atoms in total. The zero-order valence-corrected chi connectivity index (χ0v) is 11.4. The van der Waals surface area contributed by atoms with Crippen molar-refractivity contribution < 1.29 is 19.8 Å². The number of amides is 1. The van der Waals surface area contributed by atoms with Crippen LogP contribution in [0.3, 0.4) is 0 Å². The molecule has 0 heterocycles. The van der Waals surface area contributed by atoms with E-state index < -0.39 is 24.5 Å². The maximum absolute atomic E-state index is 11.4. The summed E-state index contributed by atoms with van der Waals surface area (Å²) in [5.41, 5.74) is 5.66. The van der Waals surface area contributed by atoms with Crippen molar-refractivity contribution in [1.82, 2.24) is 5.32 Å². The summed E-state index contributed by atoms with van der Waals surface area (Å²) in [6.07, 6.45) is 2.66.